The summed E-state index contributed by atoms with van der Waals surface area (Å²) in [7, 11) is 0. The van der Waals surface area contributed by atoms with Gasteiger partial charge in [0.05, 0.1) is 4.91 Å². The zero-order chi connectivity index (χ0) is 18.8. The van der Waals surface area contributed by atoms with E-state index in [1.807, 2.05) is 42.5 Å². The maximum Gasteiger partial charge on any atom is 0.349 e. The number of thiophene rings is 1. The lowest BCUT2D eigenvalue weighted by Gasteiger charge is -2.08. The molecule has 0 unspecified atom stereocenters. The summed E-state index contributed by atoms with van der Waals surface area (Å²) < 4.78 is 7.87. The molecule has 0 saturated heterocycles. The van der Waals surface area contributed by atoms with Crippen LogP contribution in [0.1, 0.15) is 12.5 Å². The van der Waals surface area contributed by atoms with Gasteiger partial charge in [0.2, 0.25) is 0 Å². The second-order valence-corrected chi connectivity index (χ2v) is 8.33. The molecule has 4 aromatic rings. The number of esters is 1. The van der Waals surface area contributed by atoms with E-state index in [4.69, 9.17) is 4.74 Å². The molecule has 0 aliphatic carbocycles. The number of fused-ring (bicyclic) bond motifs is 3. The van der Waals surface area contributed by atoms with Crippen LogP contribution in [-0.4, -0.2) is 5.97 Å². The average molecular weight is 391 g/mol. The van der Waals surface area contributed by atoms with Crippen LogP contribution in [0.2, 0.25) is 0 Å². The van der Waals surface area contributed by atoms with Crippen molar-refractivity contribution >= 4 is 49.2 Å². The summed E-state index contributed by atoms with van der Waals surface area (Å²) in [6, 6.07) is 22.1. The van der Waals surface area contributed by atoms with Crippen LogP contribution in [0.4, 0.5) is 0 Å². The summed E-state index contributed by atoms with van der Waals surface area (Å²) in [5.41, 5.74) is 1.21. The van der Waals surface area contributed by atoms with E-state index in [0.29, 0.717) is 10.7 Å². The second-order valence-electron chi connectivity index (χ2n) is 6.14. The Morgan fingerprint density at radius 2 is 1.74 bits per heavy atom. The molecule has 0 atom stereocenters. The fourth-order valence-electron chi connectivity index (χ4n) is 2.93. The van der Waals surface area contributed by atoms with Crippen molar-refractivity contribution in [1.29, 1.82) is 0 Å². The molecule has 0 spiro atoms. The van der Waals surface area contributed by atoms with Gasteiger partial charge < -0.3 is 4.74 Å². The number of carbonyl (C=O) groups is 1. The van der Waals surface area contributed by atoms with E-state index in [-0.39, 0.29) is 0 Å². The lowest BCUT2D eigenvalue weighted by atomic mass is 10.1. The van der Waals surface area contributed by atoms with Gasteiger partial charge in [-0.1, -0.05) is 67.7 Å². The third-order valence-corrected chi connectivity index (χ3v) is 6.69. The number of thioether (sulfide) groups is 1. The monoisotopic (exact) mass is 390 g/mol. The van der Waals surface area contributed by atoms with E-state index in [1.165, 1.54) is 37.5 Å². The molecule has 0 saturated carbocycles. The van der Waals surface area contributed by atoms with E-state index in [9.17, 15) is 4.79 Å². The van der Waals surface area contributed by atoms with Gasteiger partial charge in [0, 0.05) is 25.1 Å². The molecular weight excluding hydrogens is 372 g/mol. The van der Waals surface area contributed by atoms with Crippen molar-refractivity contribution in [2.45, 2.75) is 18.2 Å². The van der Waals surface area contributed by atoms with Gasteiger partial charge in [0.25, 0.3) is 0 Å². The normalized spacial score (nSPS) is 11.0. The third kappa shape index (κ3) is 3.64. The zero-order valence-corrected chi connectivity index (χ0v) is 16.5. The van der Waals surface area contributed by atoms with E-state index in [1.54, 1.807) is 11.3 Å². The number of aryl methyl sites for hydroxylation is 1. The first-order valence-electron chi connectivity index (χ1n) is 8.74. The van der Waals surface area contributed by atoms with E-state index < -0.39 is 5.97 Å². The van der Waals surface area contributed by atoms with Crippen LogP contribution >= 0.6 is 23.1 Å². The minimum atomic E-state index is -0.414. The largest absolute Gasteiger partial charge is 0.423 e. The highest BCUT2D eigenvalue weighted by atomic mass is 32.2. The molecule has 0 amide bonds. The van der Waals surface area contributed by atoms with Crippen LogP contribution in [0, 0.1) is 0 Å². The zero-order valence-electron chi connectivity index (χ0n) is 14.9. The Morgan fingerprint density at radius 1 is 1.00 bits per heavy atom. The fourth-order valence-corrected chi connectivity index (χ4v) is 5.03. The van der Waals surface area contributed by atoms with Gasteiger partial charge >= 0.3 is 5.97 Å². The minimum Gasteiger partial charge on any atom is -0.423 e. The van der Waals surface area contributed by atoms with Crippen molar-refractivity contribution in [2.24, 2.45) is 0 Å². The van der Waals surface area contributed by atoms with Crippen LogP contribution < -0.4 is 4.74 Å². The molecule has 1 heterocycles. The van der Waals surface area contributed by atoms with Crippen LogP contribution in [0.5, 0.6) is 5.75 Å². The molecule has 0 radical (unpaired) electrons. The summed E-state index contributed by atoms with van der Waals surface area (Å²) in [4.78, 5) is 13.8. The lowest BCUT2D eigenvalue weighted by molar-refractivity contribution is -0.129. The van der Waals surface area contributed by atoms with E-state index in [2.05, 4.69) is 37.8 Å². The molecule has 0 fully saturated rings. The number of ether oxygens (including phenoxy) is 1. The van der Waals surface area contributed by atoms with Crippen LogP contribution in [0.3, 0.4) is 0 Å². The van der Waals surface area contributed by atoms with Crippen LogP contribution in [-0.2, 0) is 11.2 Å². The summed E-state index contributed by atoms with van der Waals surface area (Å²) in [5.74, 6) is 0.126. The maximum atomic E-state index is 12.4. The first-order chi connectivity index (χ1) is 13.2. The Balaban J connectivity index is 1.56. The van der Waals surface area contributed by atoms with Crippen molar-refractivity contribution in [3.8, 4) is 5.75 Å². The molecule has 4 heteroatoms. The summed E-state index contributed by atoms with van der Waals surface area (Å²) in [5, 5.41) is 2.45. The van der Waals surface area contributed by atoms with Crippen molar-refractivity contribution in [1.82, 2.24) is 0 Å². The SMILES string of the molecule is C=C(Sc1cccc2c1sc1ccccc12)C(=O)Oc1ccc(CC)cc1. The molecule has 0 N–H and O–H groups in total. The highest BCUT2D eigenvalue weighted by molar-refractivity contribution is 8.04. The van der Waals surface area contributed by atoms with Gasteiger partial charge in [-0.15, -0.1) is 11.3 Å². The Bertz CT molecular complexity index is 1140. The summed E-state index contributed by atoms with van der Waals surface area (Å²) in [6.45, 7) is 6.02. The number of hydrogen-bond donors (Lipinski definition) is 0. The topological polar surface area (TPSA) is 26.3 Å². The second kappa shape index (κ2) is 7.59. The molecule has 0 aliphatic heterocycles. The van der Waals surface area contributed by atoms with Crippen LogP contribution in [0.15, 0.2) is 83.1 Å². The summed E-state index contributed by atoms with van der Waals surface area (Å²) >= 11 is 3.10. The van der Waals surface area contributed by atoms with Crippen molar-refractivity contribution in [3.63, 3.8) is 0 Å². The quantitative estimate of drug-likeness (QED) is 0.162. The Hall–Kier alpha value is -2.56. The molecule has 0 aliphatic rings. The standard InChI is InChI=1S/C23H18O2S2/c1-3-16-11-13-17(14-12-16)25-23(24)15(2)26-21-10-6-8-19-18-7-4-5-9-20(18)27-22(19)21/h4-14H,2-3H2,1H3. The average Bonchev–Trinajstić information content (AvgIpc) is 3.08. The van der Waals surface area contributed by atoms with Gasteiger partial charge in [0.1, 0.15) is 5.75 Å². The van der Waals surface area contributed by atoms with Crippen molar-refractivity contribution in [2.75, 3.05) is 0 Å². The Morgan fingerprint density at radius 3 is 2.52 bits per heavy atom. The number of benzene rings is 3. The molecule has 0 bridgehead atoms. The molecular formula is C23H18O2S2. The van der Waals surface area contributed by atoms with Gasteiger partial charge in [-0.05, 0) is 36.2 Å². The van der Waals surface area contributed by atoms with E-state index >= 15 is 0 Å². The van der Waals surface area contributed by atoms with Gasteiger partial charge in [-0.2, -0.15) is 0 Å². The highest BCUT2D eigenvalue weighted by Gasteiger charge is 2.15. The van der Waals surface area contributed by atoms with Gasteiger partial charge in [-0.3, -0.25) is 0 Å². The molecule has 4 rings (SSSR count). The van der Waals surface area contributed by atoms with Gasteiger partial charge in [-0.25, -0.2) is 4.79 Å². The smallest absolute Gasteiger partial charge is 0.349 e. The molecule has 134 valence electrons. The number of hydrogen-bond acceptors (Lipinski definition) is 4. The van der Waals surface area contributed by atoms with Crippen LogP contribution in [0.25, 0.3) is 20.2 Å². The highest BCUT2D eigenvalue weighted by Crippen LogP contribution is 2.41. The lowest BCUT2D eigenvalue weighted by Crippen LogP contribution is -2.08. The summed E-state index contributed by atoms with van der Waals surface area (Å²) in [6.07, 6.45) is 0.954. The van der Waals surface area contributed by atoms with Crippen molar-refractivity contribution in [3.05, 3.63) is 83.8 Å². The minimum absolute atomic E-state index is 0.375. The molecule has 27 heavy (non-hydrogen) atoms. The van der Waals surface area contributed by atoms with Crippen molar-refractivity contribution < 1.29 is 9.53 Å². The number of carbonyl (C=O) groups excluding carboxylic acids is 1. The molecule has 1 aromatic heterocycles. The maximum absolute atomic E-state index is 12.4. The predicted octanol–water partition coefficient (Wildman–Crippen LogP) is 6.83. The fraction of sp³-hybridized carbons (Fsp3) is 0.0870. The predicted molar refractivity (Wildman–Crippen MR) is 116 cm³/mol. The van der Waals surface area contributed by atoms with E-state index in [0.717, 1.165) is 11.3 Å². The first-order valence-corrected chi connectivity index (χ1v) is 10.4. The third-order valence-electron chi connectivity index (χ3n) is 4.37. The Labute approximate surface area is 166 Å². The molecule has 3 aromatic carbocycles. The molecule has 2 nitrogen and oxygen atoms in total. The number of rotatable bonds is 5. The Kier molecular flexibility index (Phi) is 5.01. The first kappa shape index (κ1) is 17.8. The van der Waals surface area contributed by atoms with Gasteiger partial charge in [0.15, 0.2) is 0 Å².